The Hall–Kier alpha value is -2.12. The van der Waals surface area contributed by atoms with Gasteiger partial charge in [0.05, 0.1) is 5.39 Å². The van der Waals surface area contributed by atoms with Crippen molar-refractivity contribution < 1.29 is 14.1 Å². The third kappa shape index (κ3) is 3.62. The Kier molecular flexibility index (Phi) is 5.24. The van der Waals surface area contributed by atoms with Crippen LogP contribution in [-0.4, -0.2) is 36.7 Å². The van der Waals surface area contributed by atoms with Crippen molar-refractivity contribution in [3.8, 4) is 0 Å². The Labute approximate surface area is 151 Å². The molecule has 2 saturated heterocycles. The molecule has 0 atom stereocenters. The molecule has 0 saturated carbocycles. The highest BCUT2D eigenvalue weighted by molar-refractivity contribution is 6.08. The van der Waals surface area contributed by atoms with Crippen molar-refractivity contribution in [3.05, 3.63) is 23.8 Å². The lowest BCUT2D eigenvalue weighted by Gasteiger charge is -2.24. The first-order chi connectivity index (χ1) is 11.7. The van der Waals surface area contributed by atoms with E-state index < -0.39 is 6.03 Å². The summed E-state index contributed by atoms with van der Waals surface area (Å²) in [6, 6.07) is 5.60. The Bertz CT molecular complexity index is 785. The van der Waals surface area contributed by atoms with Crippen LogP contribution in [0.5, 0.6) is 0 Å². The lowest BCUT2D eigenvalue weighted by Crippen LogP contribution is -2.49. The van der Waals surface area contributed by atoms with E-state index in [0.29, 0.717) is 23.9 Å². The normalized spacial score (nSPS) is 19.0. The van der Waals surface area contributed by atoms with Crippen LogP contribution in [0.2, 0.25) is 0 Å². The number of urea groups is 1. The number of nitrogens with zero attached hydrogens (tertiary/aromatic N) is 2. The van der Waals surface area contributed by atoms with Gasteiger partial charge in [-0.15, -0.1) is 12.4 Å². The predicted molar refractivity (Wildman–Crippen MR) is 96.1 cm³/mol. The highest BCUT2D eigenvalue weighted by Crippen LogP contribution is 2.29. The minimum atomic E-state index is -0.440. The number of carbonyl (C=O) groups is 2. The van der Waals surface area contributed by atoms with Crippen molar-refractivity contribution in [2.24, 2.45) is 5.92 Å². The van der Waals surface area contributed by atoms with Gasteiger partial charge in [0, 0.05) is 13.0 Å². The van der Waals surface area contributed by atoms with Crippen molar-refractivity contribution >= 4 is 41.1 Å². The fourth-order valence-corrected chi connectivity index (χ4v) is 3.48. The number of carbonyl (C=O) groups excluding carboxylic acids is 2. The van der Waals surface area contributed by atoms with E-state index >= 15 is 0 Å². The van der Waals surface area contributed by atoms with Crippen LogP contribution in [0, 0.1) is 5.92 Å². The van der Waals surface area contributed by atoms with E-state index in [9.17, 15) is 9.59 Å². The van der Waals surface area contributed by atoms with Gasteiger partial charge in [-0.1, -0.05) is 11.2 Å². The SMILES string of the molecule is Cl.O=C1CCN(c2noc3ccc(CC4CCNCC4)cc23)C(=O)N1. The third-order valence-corrected chi connectivity index (χ3v) is 4.81. The number of nitrogens with one attached hydrogen (secondary N) is 2. The van der Waals surface area contributed by atoms with Crippen LogP contribution in [-0.2, 0) is 11.2 Å². The second kappa shape index (κ2) is 7.41. The minimum Gasteiger partial charge on any atom is -0.354 e. The van der Waals surface area contributed by atoms with Gasteiger partial charge in [0.15, 0.2) is 11.4 Å². The molecule has 8 heteroatoms. The van der Waals surface area contributed by atoms with E-state index in [-0.39, 0.29) is 24.7 Å². The second-order valence-electron chi connectivity index (χ2n) is 6.49. The lowest BCUT2D eigenvalue weighted by atomic mass is 9.91. The first-order valence-electron chi connectivity index (χ1n) is 8.41. The van der Waals surface area contributed by atoms with Crippen LogP contribution >= 0.6 is 12.4 Å². The quantitative estimate of drug-likeness (QED) is 0.872. The molecule has 2 aromatic rings. The maximum atomic E-state index is 12.1. The first kappa shape index (κ1) is 17.7. The molecule has 1 aromatic carbocycles. The van der Waals surface area contributed by atoms with Gasteiger partial charge in [-0.25, -0.2) is 4.79 Å². The molecule has 134 valence electrons. The number of piperidine rings is 1. The molecule has 2 aliphatic rings. The van der Waals surface area contributed by atoms with Crippen LogP contribution < -0.4 is 15.5 Å². The summed E-state index contributed by atoms with van der Waals surface area (Å²) < 4.78 is 5.36. The highest BCUT2D eigenvalue weighted by atomic mass is 35.5. The summed E-state index contributed by atoms with van der Waals surface area (Å²) in [6.45, 7) is 2.48. The maximum absolute atomic E-state index is 12.1. The first-order valence-corrected chi connectivity index (χ1v) is 8.41. The van der Waals surface area contributed by atoms with Crippen molar-refractivity contribution in [2.45, 2.75) is 25.7 Å². The van der Waals surface area contributed by atoms with Gasteiger partial charge in [0.25, 0.3) is 0 Å². The van der Waals surface area contributed by atoms with Gasteiger partial charge in [-0.2, -0.15) is 0 Å². The molecule has 0 bridgehead atoms. The molecular weight excluding hydrogens is 344 g/mol. The van der Waals surface area contributed by atoms with Crippen LogP contribution in [0.25, 0.3) is 11.0 Å². The number of anilines is 1. The zero-order chi connectivity index (χ0) is 16.5. The zero-order valence-electron chi connectivity index (χ0n) is 13.8. The maximum Gasteiger partial charge on any atom is 0.329 e. The molecule has 0 radical (unpaired) electrons. The molecule has 7 nitrogen and oxygen atoms in total. The van der Waals surface area contributed by atoms with Gasteiger partial charge < -0.3 is 9.84 Å². The van der Waals surface area contributed by atoms with Crippen LogP contribution in [0.3, 0.4) is 0 Å². The molecule has 0 unspecified atom stereocenters. The van der Waals surface area contributed by atoms with Crippen molar-refractivity contribution in [1.82, 2.24) is 15.8 Å². The topological polar surface area (TPSA) is 87.5 Å². The fourth-order valence-electron chi connectivity index (χ4n) is 3.48. The fraction of sp³-hybridized carbons (Fsp3) is 0.471. The summed E-state index contributed by atoms with van der Waals surface area (Å²) in [5.74, 6) is 0.917. The Morgan fingerprint density at radius 2 is 2.04 bits per heavy atom. The number of amides is 3. The van der Waals surface area contributed by atoms with Crippen molar-refractivity contribution in [1.29, 1.82) is 0 Å². The number of hydrogen-bond acceptors (Lipinski definition) is 5. The molecule has 3 amide bonds. The predicted octanol–water partition coefficient (Wildman–Crippen LogP) is 2.24. The summed E-state index contributed by atoms with van der Waals surface area (Å²) in [4.78, 5) is 24.8. The number of benzene rings is 1. The van der Waals surface area contributed by atoms with E-state index in [2.05, 4.69) is 27.9 Å². The molecule has 2 aliphatic heterocycles. The smallest absolute Gasteiger partial charge is 0.329 e. The van der Waals surface area contributed by atoms with Gasteiger partial charge in [0.2, 0.25) is 5.91 Å². The average Bonchev–Trinajstić information content (AvgIpc) is 2.99. The summed E-state index contributed by atoms with van der Waals surface area (Å²) in [6.07, 6.45) is 3.66. The summed E-state index contributed by atoms with van der Waals surface area (Å²) in [5, 5.41) is 10.6. The average molecular weight is 365 g/mol. The standard InChI is InChI=1S/C17H20N4O3.ClH/c22-15-5-8-21(17(23)19-15)16-13-10-12(1-2-14(13)24-20-16)9-11-3-6-18-7-4-11;/h1-2,10-11,18H,3-9H2,(H,19,22,23);1H. The van der Waals surface area contributed by atoms with Crippen LogP contribution in [0.15, 0.2) is 22.7 Å². The van der Waals surface area contributed by atoms with Gasteiger partial charge in [-0.05, 0) is 56.0 Å². The van der Waals surface area contributed by atoms with Crippen LogP contribution in [0.1, 0.15) is 24.8 Å². The number of fused-ring (bicyclic) bond motifs is 1. The Balaban J connectivity index is 0.00000182. The molecule has 3 heterocycles. The summed E-state index contributed by atoms with van der Waals surface area (Å²) in [5.41, 5.74) is 1.89. The number of halogens is 1. The molecule has 25 heavy (non-hydrogen) atoms. The van der Waals surface area contributed by atoms with Gasteiger partial charge >= 0.3 is 6.03 Å². The monoisotopic (exact) mass is 364 g/mol. The molecule has 1 aromatic heterocycles. The number of rotatable bonds is 3. The van der Waals surface area contributed by atoms with Crippen molar-refractivity contribution in [2.75, 3.05) is 24.5 Å². The van der Waals surface area contributed by atoms with E-state index in [1.807, 2.05) is 6.07 Å². The summed E-state index contributed by atoms with van der Waals surface area (Å²) >= 11 is 0. The second-order valence-corrected chi connectivity index (χ2v) is 6.49. The highest BCUT2D eigenvalue weighted by Gasteiger charge is 2.28. The lowest BCUT2D eigenvalue weighted by molar-refractivity contribution is -0.120. The van der Waals surface area contributed by atoms with E-state index in [0.717, 1.165) is 24.9 Å². The minimum absolute atomic E-state index is 0. The largest absolute Gasteiger partial charge is 0.354 e. The Morgan fingerprint density at radius 3 is 2.80 bits per heavy atom. The van der Waals surface area contributed by atoms with E-state index in [1.54, 1.807) is 0 Å². The van der Waals surface area contributed by atoms with Gasteiger partial charge in [-0.3, -0.25) is 15.0 Å². The molecule has 0 spiro atoms. The third-order valence-electron chi connectivity index (χ3n) is 4.81. The molecule has 0 aliphatic carbocycles. The van der Waals surface area contributed by atoms with Crippen LogP contribution in [0.4, 0.5) is 10.6 Å². The molecule has 2 N–H and O–H groups in total. The van der Waals surface area contributed by atoms with E-state index in [4.69, 9.17) is 4.52 Å². The zero-order valence-corrected chi connectivity index (χ0v) is 14.6. The van der Waals surface area contributed by atoms with E-state index in [1.165, 1.54) is 23.3 Å². The summed E-state index contributed by atoms with van der Waals surface area (Å²) in [7, 11) is 0. The molecular formula is C17H21ClN4O3. The van der Waals surface area contributed by atoms with Crippen molar-refractivity contribution in [3.63, 3.8) is 0 Å². The molecule has 4 rings (SSSR count). The number of aromatic nitrogens is 1. The molecule has 2 fully saturated rings. The Morgan fingerprint density at radius 1 is 1.24 bits per heavy atom. The number of imide groups is 1. The number of hydrogen-bond donors (Lipinski definition) is 2. The van der Waals surface area contributed by atoms with Gasteiger partial charge in [0.1, 0.15) is 0 Å².